The molecule has 0 aliphatic rings. The molecule has 78 valence electrons. The molecule has 0 aromatic heterocycles. The predicted octanol–water partition coefficient (Wildman–Crippen LogP) is 3.96. The average molecular weight is 184 g/mol. The van der Waals surface area contributed by atoms with Crippen LogP contribution in [0.2, 0.25) is 0 Å². The molecule has 0 fully saturated rings. The second-order valence-corrected chi connectivity index (χ2v) is 4.14. The first-order valence-corrected chi connectivity index (χ1v) is 5.71. The van der Waals surface area contributed by atoms with Crippen molar-refractivity contribution in [2.45, 2.75) is 65.7 Å². The molecule has 0 unspecified atom stereocenters. The first-order valence-electron chi connectivity index (χ1n) is 5.71. The molecule has 1 heteroatoms. The van der Waals surface area contributed by atoms with E-state index in [0.717, 1.165) is 12.8 Å². The third-order valence-corrected chi connectivity index (χ3v) is 2.42. The van der Waals surface area contributed by atoms with E-state index in [0.29, 0.717) is 5.78 Å². The van der Waals surface area contributed by atoms with E-state index in [1.807, 2.05) is 13.8 Å². The van der Waals surface area contributed by atoms with Gasteiger partial charge >= 0.3 is 0 Å². The van der Waals surface area contributed by atoms with Crippen molar-refractivity contribution < 1.29 is 4.79 Å². The van der Waals surface area contributed by atoms with Gasteiger partial charge in [-0.1, -0.05) is 52.9 Å². The molecule has 0 saturated carbocycles. The topological polar surface area (TPSA) is 17.1 Å². The van der Waals surface area contributed by atoms with Gasteiger partial charge < -0.3 is 0 Å². The van der Waals surface area contributed by atoms with E-state index >= 15 is 0 Å². The molecule has 0 amide bonds. The van der Waals surface area contributed by atoms with Gasteiger partial charge in [-0.15, -0.1) is 0 Å². The number of rotatable bonds is 8. The maximum atomic E-state index is 11.2. The fourth-order valence-corrected chi connectivity index (χ4v) is 1.37. The number of Topliss-reactive ketones (excluding diaryl/α,β-unsaturated/α-hetero) is 1. The number of ketones is 1. The van der Waals surface area contributed by atoms with Crippen molar-refractivity contribution in [2.75, 3.05) is 0 Å². The lowest BCUT2D eigenvalue weighted by molar-refractivity contribution is -0.122. The van der Waals surface area contributed by atoms with Gasteiger partial charge in [-0.2, -0.15) is 0 Å². The predicted molar refractivity (Wildman–Crippen MR) is 57.8 cm³/mol. The summed E-state index contributed by atoms with van der Waals surface area (Å²) in [6.45, 7) is 6.20. The van der Waals surface area contributed by atoms with Crippen LogP contribution < -0.4 is 0 Å². The molecule has 0 atom stereocenters. The Morgan fingerprint density at radius 1 is 1.00 bits per heavy atom. The van der Waals surface area contributed by atoms with E-state index in [1.165, 1.54) is 32.1 Å². The van der Waals surface area contributed by atoms with E-state index in [9.17, 15) is 4.79 Å². The Morgan fingerprint density at radius 2 is 1.54 bits per heavy atom. The maximum absolute atomic E-state index is 11.2. The Kier molecular flexibility index (Phi) is 8.07. The minimum absolute atomic E-state index is 0.232. The Morgan fingerprint density at radius 3 is 2.08 bits per heavy atom. The molecule has 0 rings (SSSR count). The molecule has 0 heterocycles. The fraction of sp³-hybridized carbons (Fsp3) is 0.917. The van der Waals surface area contributed by atoms with Crippen LogP contribution in [0.25, 0.3) is 0 Å². The normalized spacial score (nSPS) is 10.8. The largest absolute Gasteiger partial charge is 0.299 e. The number of unbranched alkanes of at least 4 members (excludes halogenated alkanes) is 5. The monoisotopic (exact) mass is 184 g/mol. The van der Waals surface area contributed by atoms with Gasteiger partial charge in [0, 0.05) is 12.3 Å². The smallest absolute Gasteiger partial charge is 0.135 e. The van der Waals surface area contributed by atoms with Gasteiger partial charge in [0.25, 0.3) is 0 Å². The van der Waals surface area contributed by atoms with Crippen LogP contribution in [0, 0.1) is 5.92 Å². The summed E-state index contributed by atoms with van der Waals surface area (Å²) in [6.07, 6.45) is 8.41. The van der Waals surface area contributed by atoms with E-state index in [-0.39, 0.29) is 5.92 Å². The minimum atomic E-state index is 0.232. The summed E-state index contributed by atoms with van der Waals surface area (Å²) in [5, 5.41) is 0. The molecule has 0 radical (unpaired) electrons. The van der Waals surface area contributed by atoms with Crippen molar-refractivity contribution in [1.82, 2.24) is 0 Å². The Bertz CT molecular complexity index is 127. The van der Waals surface area contributed by atoms with Gasteiger partial charge in [-0.05, 0) is 6.42 Å². The maximum Gasteiger partial charge on any atom is 0.135 e. The van der Waals surface area contributed by atoms with Crippen LogP contribution >= 0.6 is 0 Å². The van der Waals surface area contributed by atoms with Crippen LogP contribution in [-0.2, 0) is 4.79 Å². The van der Waals surface area contributed by atoms with E-state index in [2.05, 4.69) is 6.92 Å². The number of carbonyl (C=O) groups is 1. The van der Waals surface area contributed by atoms with Crippen molar-refractivity contribution in [1.29, 1.82) is 0 Å². The van der Waals surface area contributed by atoms with Gasteiger partial charge in [0.05, 0.1) is 0 Å². The summed E-state index contributed by atoms with van der Waals surface area (Å²) < 4.78 is 0. The van der Waals surface area contributed by atoms with E-state index in [4.69, 9.17) is 0 Å². The van der Waals surface area contributed by atoms with E-state index < -0.39 is 0 Å². The van der Waals surface area contributed by atoms with Crippen molar-refractivity contribution in [2.24, 2.45) is 5.92 Å². The summed E-state index contributed by atoms with van der Waals surface area (Å²) >= 11 is 0. The molecular weight excluding hydrogens is 160 g/mol. The van der Waals surface area contributed by atoms with Crippen molar-refractivity contribution in [3.8, 4) is 0 Å². The van der Waals surface area contributed by atoms with Gasteiger partial charge in [-0.3, -0.25) is 4.79 Å². The number of carbonyl (C=O) groups excluding carboxylic acids is 1. The molecule has 0 aromatic rings. The highest BCUT2D eigenvalue weighted by molar-refractivity contribution is 5.80. The lowest BCUT2D eigenvalue weighted by Crippen LogP contribution is -2.05. The first-order chi connectivity index (χ1) is 6.18. The summed E-state index contributed by atoms with van der Waals surface area (Å²) in [4.78, 5) is 11.2. The molecule has 0 aromatic carbocycles. The molecule has 0 N–H and O–H groups in total. The summed E-state index contributed by atoms with van der Waals surface area (Å²) in [5.41, 5.74) is 0. The van der Waals surface area contributed by atoms with Crippen LogP contribution in [0.3, 0.4) is 0 Å². The van der Waals surface area contributed by atoms with Gasteiger partial charge in [0.1, 0.15) is 5.78 Å². The minimum Gasteiger partial charge on any atom is -0.299 e. The van der Waals surface area contributed by atoms with Gasteiger partial charge in [0.15, 0.2) is 0 Å². The Balaban J connectivity index is 3.12. The summed E-state index contributed by atoms with van der Waals surface area (Å²) in [7, 11) is 0. The van der Waals surface area contributed by atoms with E-state index in [1.54, 1.807) is 0 Å². The lowest BCUT2D eigenvalue weighted by atomic mass is 10.0. The van der Waals surface area contributed by atoms with Crippen molar-refractivity contribution in [3.05, 3.63) is 0 Å². The zero-order valence-electron chi connectivity index (χ0n) is 9.44. The number of hydrogen-bond acceptors (Lipinski definition) is 1. The van der Waals surface area contributed by atoms with Crippen LogP contribution in [0.5, 0.6) is 0 Å². The summed E-state index contributed by atoms with van der Waals surface area (Å²) in [5.74, 6) is 0.658. The molecule has 0 saturated heterocycles. The quantitative estimate of drug-likeness (QED) is 0.522. The second-order valence-electron chi connectivity index (χ2n) is 4.14. The van der Waals surface area contributed by atoms with Crippen molar-refractivity contribution >= 4 is 5.78 Å². The SMILES string of the molecule is CCCCCCCCC(=O)C(C)C. The molecule has 0 bridgehead atoms. The highest BCUT2D eigenvalue weighted by Gasteiger charge is 2.05. The van der Waals surface area contributed by atoms with Crippen LogP contribution in [0.1, 0.15) is 65.7 Å². The molecule has 0 aliphatic heterocycles. The van der Waals surface area contributed by atoms with Gasteiger partial charge in [0.2, 0.25) is 0 Å². The highest BCUT2D eigenvalue weighted by atomic mass is 16.1. The van der Waals surface area contributed by atoms with Crippen LogP contribution in [0.15, 0.2) is 0 Å². The third-order valence-electron chi connectivity index (χ3n) is 2.42. The molecule has 1 nitrogen and oxygen atoms in total. The molecular formula is C12H24O. The lowest BCUT2D eigenvalue weighted by Gasteiger charge is -2.03. The highest BCUT2D eigenvalue weighted by Crippen LogP contribution is 2.09. The van der Waals surface area contributed by atoms with Crippen LogP contribution in [0.4, 0.5) is 0 Å². The average Bonchev–Trinajstić information content (AvgIpc) is 2.10. The fourth-order valence-electron chi connectivity index (χ4n) is 1.37. The molecule has 0 spiro atoms. The summed E-state index contributed by atoms with van der Waals surface area (Å²) in [6, 6.07) is 0. The zero-order valence-corrected chi connectivity index (χ0v) is 9.44. The Hall–Kier alpha value is -0.330. The molecule has 0 aliphatic carbocycles. The standard InChI is InChI=1S/C12H24O/c1-4-5-6-7-8-9-10-12(13)11(2)3/h11H,4-10H2,1-3H3. The Labute approximate surface area is 82.9 Å². The first kappa shape index (κ1) is 12.7. The number of hydrogen-bond donors (Lipinski definition) is 0. The molecule has 13 heavy (non-hydrogen) atoms. The second kappa shape index (κ2) is 8.28. The van der Waals surface area contributed by atoms with Crippen LogP contribution in [-0.4, -0.2) is 5.78 Å². The van der Waals surface area contributed by atoms with Gasteiger partial charge in [-0.25, -0.2) is 0 Å². The zero-order chi connectivity index (χ0) is 10.1. The van der Waals surface area contributed by atoms with Crippen molar-refractivity contribution in [3.63, 3.8) is 0 Å². The third kappa shape index (κ3) is 8.01.